The van der Waals surface area contributed by atoms with Gasteiger partial charge in [0.2, 0.25) is 5.95 Å². The van der Waals surface area contributed by atoms with Crippen LogP contribution in [0.15, 0.2) is 170 Å². The SMILES string of the molecule is CC1(C)c2ccccc2-c2cc3c(cc21)[nH]c1ccc(-c2cccc4c2C(C)(C)c2cc5c(cc2-4)c2ccccc2n5-c2nc(-c4ccccc4)nc(-c4ccccc4)n2)cc13. The molecule has 3 aromatic heterocycles. The molecule has 0 atom stereocenters. The van der Waals surface area contributed by atoms with Crippen molar-refractivity contribution in [2.45, 2.75) is 38.5 Å². The first-order valence-corrected chi connectivity index (χ1v) is 21.5. The highest BCUT2D eigenvalue weighted by Gasteiger charge is 2.39. The van der Waals surface area contributed by atoms with Crippen LogP contribution in [0.2, 0.25) is 0 Å². The molecule has 0 saturated heterocycles. The number of hydrogen-bond acceptors (Lipinski definition) is 3. The molecule has 0 aliphatic heterocycles. The van der Waals surface area contributed by atoms with Crippen LogP contribution in [-0.2, 0) is 10.8 Å². The summed E-state index contributed by atoms with van der Waals surface area (Å²) < 4.78 is 2.24. The summed E-state index contributed by atoms with van der Waals surface area (Å²) in [5.41, 5.74) is 19.2. The van der Waals surface area contributed by atoms with E-state index in [-0.39, 0.29) is 10.8 Å². The van der Waals surface area contributed by atoms with E-state index in [2.05, 4.69) is 171 Å². The number of rotatable bonds is 4. The average Bonchev–Trinajstić information content (AvgIpc) is 3.98. The number of para-hydroxylation sites is 1. The molecular weight excluding hydrogens is 755 g/mol. The summed E-state index contributed by atoms with van der Waals surface area (Å²) in [6.07, 6.45) is 0. The fourth-order valence-corrected chi connectivity index (χ4v) is 11.0. The Hall–Kier alpha value is -7.63. The zero-order chi connectivity index (χ0) is 41.5. The monoisotopic (exact) mass is 795 g/mol. The number of aromatic nitrogens is 5. The number of nitrogens with one attached hydrogen (secondary N) is 1. The number of fused-ring (bicyclic) bond motifs is 12. The van der Waals surface area contributed by atoms with Gasteiger partial charge in [-0.05, 0) is 98.1 Å². The molecule has 0 bridgehead atoms. The third-order valence-corrected chi connectivity index (χ3v) is 14.0. The summed E-state index contributed by atoms with van der Waals surface area (Å²) in [4.78, 5) is 19.2. The summed E-state index contributed by atoms with van der Waals surface area (Å²) >= 11 is 0. The largest absolute Gasteiger partial charge is 0.355 e. The number of H-pyrrole nitrogens is 1. The van der Waals surface area contributed by atoms with E-state index in [9.17, 15) is 0 Å². The zero-order valence-electron chi connectivity index (χ0n) is 35.0. The Balaban J connectivity index is 0.994. The van der Waals surface area contributed by atoms with Gasteiger partial charge < -0.3 is 4.98 Å². The Morgan fingerprint density at radius 3 is 1.77 bits per heavy atom. The van der Waals surface area contributed by atoms with Crippen molar-refractivity contribution < 1.29 is 0 Å². The van der Waals surface area contributed by atoms with E-state index in [1.807, 2.05) is 36.4 Å². The highest BCUT2D eigenvalue weighted by Crippen LogP contribution is 2.55. The van der Waals surface area contributed by atoms with Gasteiger partial charge in [-0.15, -0.1) is 0 Å². The lowest BCUT2D eigenvalue weighted by atomic mass is 9.78. The molecule has 1 N–H and O–H groups in total. The van der Waals surface area contributed by atoms with E-state index in [0.717, 1.165) is 33.1 Å². The normalized spacial score (nSPS) is 14.4. The lowest BCUT2D eigenvalue weighted by Gasteiger charge is -2.25. The third-order valence-electron chi connectivity index (χ3n) is 14.0. The van der Waals surface area contributed by atoms with Crippen LogP contribution < -0.4 is 0 Å². The second kappa shape index (κ2) is 12.5. The van der Waals surface area contributed by atoms with Crippen molar-refractivity contribution in [3.8, 4) is 62.1 Å². The predicted molar refractivity (Wildman–Crippen MR) is 255 cm³/mol. The molecule has 0 spiro atoms. The van der Waals surface area contributed by atoms with Crippen molar-refractivity contribution in [3.63, 3.8) is 0 Å². The first-order chi connectivity index (χ1) is 30.2. The van der Waals surface area contributed by atoms with Gasteiger partial charge in [0.25, 0.3) is 0 Å². The van der Waals surface area contributed by atoms with Crippen LogP contribution in [0.25, 0.3) is 106 Å². The minimum Gasteiger partial charge on any atom is -0.355 e. The van der Waals surface area contributed by atoms with Crippen LogP contribution in [0, 0.1) is 0 Å². The molecule has 2 aliphatic carbocycles. The fourth-order valence-electron chi connectivity index (χ4n) is 11.0. The van der Waals surface area contributed by atoms with Crippen LogP contribution in [0.5, 0.6) is 0 Å². The molecule has 0 radical (unpaired) electrons. The van der Waals surface area contributed by atoms with Gasteiger partial charge in [0.05, 0.1) is 11.0 Å². The minimum absolute atomic E-state index is 0.0470. The Morgan fingerprint density at radius 1 is 0.387 bits per heavy atom. The van der Waals surface area contributed by atoms with Gasteiger partial charge in [0.15, 0.2) is 11.6 Å². The van der Waals surface area contributed by atoms with Gasteiger partial charge in [-0.25, -0.2) is 4.98 Å². The highest BCUT2D eigenvalue weighted by atomic mass is 15.2. The lowest BCUT2D eigenvalue weighted by molar-refractivity contribution is 0.661. The highest BCUT2D eigenvalue weighted by molar-refractivity contribution is 6.13. The third kappa shape index (κ3) is 4.82. The standard InChI is InChI=1S/C57H41N5/c1-56(2)45-24-13-11-20-37(45)40-29-43-42-28-35(26-27-48(42)58-49(43)31-46(40)56)36-22-15-23-39-41-30-44-38-21-12-14-25-50(38)62(51(44)32-47(41)57(3,4)52(36)39)55-60-53(33-16-7-5-8-17-33)59-54(61-55)34-18-9-6-10-19-34/h5-32,58H,1-4H3. The molecule has 0 unspecified atom stereocenters. The summed E-state index contributed by atoms with van der Waals surface area (Å²) in [5.74, 6) is 1.89. The number of nitrogens with zero attached hydrogens (tertiary/aromatic N) is 4. The molecule has 2 aliphatic rings. The van der Waals surface area contributed by atoms with E-state index >= 15 is 0 Å². The molecule has 8 aromatic carbocycles. The smallest absolute Gasteiger partial charge is 0.238 e. The molecule has 5 heteroatoms. The first kappa shape index (κ1) is 35.2. The van der Waals surface area contributed by atoms with Crippen molar-refractivity contribution in [2.24, 2.45) is 0 Å². The van der Waals surface area contributed by atoms with E-state index in [1.165, 1.54) is 77.3 Å². The maximum absolute atomic E-state index is 5.21. The van der Waals surface area contributed by atoms with E-state index in [0.29, 0.717) is 17.6 Å². The Bertz CT molecular complexity index is 3620. The van der Waals surface area contributed by atoms with Gasteiger partial charge in [-0.2, -0.15) is 9.97 Å². The Labute approximate surface area is 359 Å². The molecule has 0 fully saturated rings. The summed E-state index contributed by atoms with van der Waals surface area (Å²) in [6, 6.07) is 61.4. The number of benzene rings is 8. The van der Waals surface area contributed by atoms with Crippen molar-refractivity contribution in [1.82, 2.24) is 24.5 Å². The molecule has 0 amide bonds. The van der Waals surface area contributed by atoms with Crippen LogP contribution >= 0.6 is 0 Å². The van der Waals surface area contributed by atoms with Crippen molar-refractivity contribution in [1.29, 1.82) is 0 Å². The molecule has 5 nitrogen and oxygen atoms in total. The maximum atomic E-state index is 5.21. The fraction of sp³-hybridized carbons (Fsp3) is 0.105. The molecule has 3 heterocycles. The summed E-state index contributed by atoms with van der Waals surface area (Å²) in [7, 11) is 0. The van der Waals surface area contributed by atoms with Gasteiger partial charge in [-0.3, -0.25) is 4.57 Å². The van der Waals surface area contributed by atoms with Crippen molar-refractivity contribution in [2.75, 3.05) is 0 Å². The first-order valence-electron chi connectivity index (χ1n) is 21.5. The van der Waals surface area contributed by atoms with Gasteiger partial charge in [0.1, 0.15) is 0 Å². The van der Waals surface area contributed by atoms with Crippen LogP contribution in [0.4, 0.5) is 0 Å². The molecule has 294 valence electrons. The Kier molecular flexibility index (Phi) is 7.07. The van der Waals surface area contributed by atoms with Gasteiger partial charge in [-0.1, -0.05) is 155 Å². The van der Waals surface area contributed by atoms with Gasteiger partial charge >= 0.3 is 0 Å². The van der Waals surface area contributed by atoms with E-state index < -0.39 is 0 Å². The molecule has 13 rings (SSSR count). The van der Waals surface area contributed by atoms with Crippen LogP contribution in [0.3, 0.4) is 0 Å². The summed E-state index contributed by atoms with van der Waals surface area (Å²) in [5, 5.41) is 4.86. The van der Waals surface area contributed by atoms with Crippen LogP contribution in [0.1, 0.15) is 49.9 Å². The van der Waals surface area contributed by atoms with Crippen molar-refractivity contribution in [3.05, 3.63) is 192 Å². The minimum atomic E-state index is -0.300. The summed E-state index contributed by atoms with van der Waals surface area (Å²) in [6.45, 7) is 9.47. The quantitative estimate of drug-likeness (QED) is 0.193. The second-order valence-corrected chi connectivity index (χ2v) is 18.1. The predicted octanol–water partition coefficient (Wildman–Crippen LogP) is 14.2. The topological polar surface area (TPSA) is 59.4 Å². The van der Waals surface area contributed by atoms with E-state index in [1.54, 1.807) is 0 Å². The van der Waals surface area contributed by atoms with Gasteiger partial charge in [0, 0.05) is 54.5 Å². The second-order valence-electron chi connectivity index (χ2n) is 18.1. The molecule has 11 aromatic rings. The number of aromatic amines is 1. The van der Waals surface area contributed by atoms with E-state index in [4.69, 9.17) is 15.0 Å². The lowest BCUT2D eigenvalue weighted by Crippen LogP contribution is -2.16. The van der Waals surface area contributed by atoms with Crippen LogP contribution in [-0.4, -0.2) is 24.5 Å². The average molecular weight is 796 g/mol. The molecular formula is C57H41N5. The Morgan fingerprint density at radius 2 is 1.00 bits per heavy atom. The number of hydrogen-bond donors (Lipinski definition) is 1. The zero-order valence-corrected chi connectivity index (χ0v) is 35.0. The van der Waals surface area contributed by atoms with Crippen molar-refractivity contribution >= 4 is 43.6 Å². The maximum Gasteiger partial charge on any atom is 0.238 e. The molecule has 62 heavy (non-hydrogen) atoms. The molecule has 0 saturated carbocycles.